The number of aromatic nitrogens is 1. The molecule has 3 saturated heterocycles. The summed E-state index contributed by atoms with van der Waals surface area (Å²) in [6, 6.07) is 1.47. The lowest BCUT2D eigenvalue weighted by Gasteiger charge is -2.36. The van der Waals surface area contributed by atoms with Crippen LogP contribution in [0, 0.1) is 11.8 Å². The monoisotopic (exact) mass is 363 g/mol. The Morgan fingerprint density at radius 2 is 1.92 bits per heavy atom. The normalized spacial score (nSPS) is 26.3. The van der Waals surface area contributed by atoms with Gasteiger partial charge < -0.3 is 14.8 Å². The number of hydrogen-bond donors (Lipinski definition) is 1. The van der Waals surface area contributed by atoms with E-state index in [9.17, 15) is 14.4 Å². The molecular formula is C18H22ClN3O3. The van der Waals surface area contributed by atoms with Crippen LogP contribution < -0.4 is 5.56 Å². The van der Waals surface area contributed by atoms with E-state index >= 15 is 0 Å². The topological polar surface area (TPSA) is 73.5 Å². The third-order valence-corrected chi connectivity index (χ3v) is 6.13. The van der Waals surface area contributed by atoms with Gasteiger partial charge in [-0.25, -0.2) is 0 Å². The molecule has 3 aliphatic heterocycles. The number of fused-ring (bicyclic) bond motifs is 4. The van der Waals surface area contributed by atoms with Crippen LogP contribution in [0.4, 0.5) is 0 Å². The molecule has 6 nitrogen and oxygen atoms in total. The largest absolute Gasteiger partial charge is 0.340 e. The fourth-order valence-corrected chi connectivity index (χ4v) is 4.34. The molecule has 4 aliphatic rings. The molecule has 0 aromatic carbocycles. The Bertz CT molecular complexity index is 758. The molecular weight excluding hydrogens is 342 g/mol. The van der Waals surface area contributed by atoms with Gasteiger partial charge in [0.05, 0.1) is 5.56 Å². The second kappa shape index (κ2) is 6.48. The molecule has 2 atom stereocenters. The fraction of sp³-hybridized carbons (Fsp3) is 0.611. The molecule has 1 saturated carbocycles. The minimum absolute atomic E-state index is 0.0209. The van der Waals surface area contributed by atoms with Crippen molar-refractivity contribution in [3.63, 3.8) is 0 Å². The summed E-state index contributed by atoms with van der Waals surface area (Å²) in [7, 11) is 0. The van der Waals surface area contributed by atoms with Crippen LogP contribution in [0.25, 0.3) is 0 Å². The number of nitrogens with one attached hydrogen (secondary N) is 1. The Hall–Kier alpha value is -1.82. The summed E-state index contributed by atoms with van der Waals surface area (Å²) in [5.74, 6) is 0.667. The van der Waals surface area contributed by atoms with Gasteiger partial charge in [0.1, 0.15) is 5.02 Å². The number of carbonyl (C=O) groups is 2. The predicted molar refractivity (Wildman–Crippen MR) is 93.5 cm³/mol. The molecule has 2 amide bonds. The van der Waals surface area contributed by atoms with E-state index in [4.69, 9.17) is 11.6 Å². The number of aromatic amines is 1. The van der Waals surface area contributed by atoms with Gasteiger partial charge in [0.25, 0.3) is 11.5 Å². The molecule has 0 spiro atoms. The first-order chi connectivity index (χ1) is 12.0. The number of hydrogen-bond acceptors (Lipinski definition) is 3. The summed E-state index contributed by atoms with van der Waals surface area (Å²) in [5, 5.41) is 0.0209. The van der Waals surface area contributed by atoms with Crippen molar-refractivity contribution in [2.45, 2.75) is 38.1 Å². The van der Waals surface area contributed by atoms with Crippen molar-refractivity contribution < 1.29 is 9.59 Å². The van der Waals surface area contributed by atoms with E-state index in [-0.39, 0.29) is 28.8 Å². The van der Waals surface area contributed by atoms with Crippen molar-refractivity contribution in [2.75, 3.05) is 19.6 Å². The van der Waals surface area contributed by atoms with E-state index in [1.807, 2.05) is 9.80 Å². The molecule has 5 rings (SSSR count). The molecule has 4 heterocycles. The summed E-state index contributed by atoms with van der Waals surface area (Å²) in [5.41, 5.74) is 0.00175. The van der Waals surface area contributed by atoms with Gasteiger partial charge in [0, 0.05) is 37.8 Å². The maximum atomic E-state index is 12.9. The summed E-state index contributed by atoms with van der Waals surface area (Å²) < 4.78 is 0. The molecule has 25 heavy (non-hydrogen) atoms. The van der Waals surface area contributed by atoms with Crippen molar-refractivity contribution >= 4 is 23.4 Å². The van der Waals surface area contributed by atoms with Crippen molar-refractivity contribution in [2.24, 2.45) is 11.8 Å². The molecule has 2 bridgehead atoms. The Morgan fingerprint density at radius 3 is 2.60 bits per heavy atom. The first-order valence-corrected chi connectivity index (χ1v) is 9.38. The minimum atomic E-state index is -0.395. The summed E-state index contributed by atoms with van der Waals surface area (Å²) in [4.78, 5) is 43.3. The maximum Gasteiger partial charge on any atom is 0.266 e. The van der Waals surface area contributed by atoms with Crippen LogP contribution in [0.5, 0.6) is 0 Å². The molecule has 0 radical (unpaired) electrons. The fourth-order valence-electron chi connectivity index (χ4n) is 4.17. The Labute approximate surface area is 151 Å². The van der Waals surface area contributed by atoms with E-state index in [0.717, 1.165) is 38.6 Å². The van der Waals surface area contributed by atoms with Crippen LogP contribution in [-0.4, -0.2) is 52.3 Å². The van der Waals surface area contributed by atoms with Crippen LogP contribution in [0.3, 0.4) is 0 Å². The number of carbonyl (C=O) groups excluding carboxylic acids is 2. The highest BCUT2D eigenvalue weighted by Gasteiger charge is 2.40. The Balaban J connectivity index is 1.53. The third kappa shape index (κ3) is 3.08. The third-order valence-electron chi connectivity index (χ3n) is 5.85. The summed E-state index contributed by atoms with van der Waals surface area (Å²) >= 11 is 5.86. The molecule has 1 N–H and O–H groups in total. The van der Waals surface area contributed by atoms with Gasteiger partial charge in [-0.1, -0.05) is 18.0 Å². The number of nitrogens with zero attached hydrogens (tertiary/aromatic N) is 2. The van der Waals surface area contributed by atoms with Crippen LogP contribution in [0.1, 0.15) is 42.5 Å². The zero-order valence-corrected chi connectivity index (χ0v) is 14.8. The highest BCUT2D eigenvalue weighted by Crippen LogP contribution is 2.33. The van der Waals surface area contributed by atoms with Gasteiger partial charge in [-0.3, -0.25) is 14.4 Å². The molecule has 1 aliphatic carbocycles. The lowest BCUT2D eigenvalue weighted by atomic mass is 9.84. The van der Waals surface area contributed by atoms with Crippen molar-refractivity contribution in [3.8, 4) is 0 Å². The molecule has 1 aromatic rings. The lowest BCUT2D eigenvalue weighted by molar-refractivity contribution is -0.138. The van der Waals surface area contributed by atoms with Crippen LogP contribution in [-0.2, 0) is 4.79 Å². The molecule has 0 unspecified atom stereocenters. The quantitative estimate of drug-likeness (QED) is 0.872. The standard InChI is InChI=1S/C18H22ClN3O3/c19-15-6-13(7-20-16(15)23)18(25)22-9-11-4-5-14(22)10-21(8-11)17(24)12-2-1-3-12/h6-7,11-12,14H,1-5,8-10H2,(H,20,23)/t11-,14+/m1/s1. The van der Waals surface area contributed by atoms with Crippen molar-refractivity contribution in [1.82, 2.24) is 14.8 Å². The Kier molecular flexibility index (Phi) is 4.31. The van der Waals surface area contributed by atoms with Gasteiger partial charge in [-0.15, -0.1) is 0 Å². The van der Waals surface area contributed by atoms with Gasteiger partial charge >= 0.3 is 0 Å². The van der Waals surface area contributed by atoms with Gasteiger partial charge in [-0.2, -0.15) is 0 Å². The molecule has 4 fully saturated rings. The number of rotatable bonds is 2. The maximum absolute atomic E-state index is 12.9. The first-order valence-electron chi connectivity index (χ1n) is 9.01. The van der Waals surface area contributed by atoms with Crippen LogP contribution >= 0.6 is 11.6 Å². The number of H-pyrrole nitrogens is 1. The zero-order valence-electron chi connectivity index (χ0n) is 14.0. The molecule has 134 valence electrons. The molecule has 1 aromatic heterocycles. The van der Waals surface area contributed by atoms with E-state index < -0.39 is 5.56 Å². The van der Waals surface area contributed by atoms with Crippen molar-refractivity contribution in [1.29, 1.82) is 0 Å². The SMILES string of the molecule is O=C(C1CCC1)N1C[C@H]2CC[C@@H](C1)N(C(=O)c1c[nH]c(=O)c(Cl)c1)C2. The number of halogens is 1. The number of amides is 2. The minimum Gasteiger partial charge on any atom is -0.340 e. The summed E-state index contributed by atoms with van der Waals surface area (Å²) in [6.45, 7) is 2.03. The predicted octanol–water partition coefficient (Wildman–Crippen LogP) is 1.89. The zero-order chi connectivity index (χ0) is 17.6. The smallest absolute Gasteiger partial charge is 0.266 e. The summed E-state index contributed by atoms with van der Waals surface area (Å²) in [6.07, 6.45) is 6.55. The second-order valence-electron chi connectivity index (χ2n) is 7.49. The van der Waals surface area contributed by atoms with E-state index in [1.165, 1.54) is 12.3 Å². The highest BCUT2D eigenvalue weighted by atomic mass is 35.5. The second-order valence-corrected chi connectivity index (χ2v) is 7.90. The number of piperidine rings is 1. The number of pyridine rings is 1. The van der Waals surface area contributed by atoms with Gasteiger partial charge in [0.2, 0.25) is 5.91 Å². The van der Waals surface area contributed by atoms with Gasteiger partial charge in [0.15, 0.2) is 0 Å². The van der Waals surface area contributed by atoms with Gasteiger partial charge in [-0.05, 0) is 37.7 Å². The van der Waals surface area contributed by atoms with Crippen molar-refractivity contribution in [3.05, 3.63) is 33.2 Å². The lowest BCUT2D eigenvalue weighted by Crippen LogP contribution is -2.48. The van der Waals surface area contributed by atoms with E-state index in [1.54, 1.807) is 0 Å². The van der Waals surface area contributed by atoms with E-state index in [0.29, 0.717) is 24.6 Å². The first kappa shape index (κ1) is 16.6. The average Bonchev–Trinajstić information content (AvgIpc) is 2.87. The van der Waals surface area contributed by atoms with E-state index in [2.05, 4.69) is 4.98 Å². The van der Waals surface area contributed by atoms with Crippen LogP contribution in [0.2, 0.25) is 5.02 Å². The molecule has 7 heteroatoms. The highest BCUT2D eigenvalue weighted by molar-refractivity contribution is 6.30. The Morgan fingerprint density at radius 1 is 1.12 bits per heavy atom. The van der Waals surface area contributed by atoms with Crippen LogP contribution in [0.15, 0.2) is 17.1 Å². The average molecular weight is 364 g/mol.